The van der Waals surface area contributed by atoms with Crippen LogP contribution in [0.5, 0.6) is 0 Å². The fraction of sp³-hybridized carbons (Fsp3) is 0.357. The lowest BCUT2D eigenvalue weighted by atomic mass is 9.86. The highest BCUT2D eigenvalue weighted by atomic mass is 16.1. The highest BCUT2D eigenvalue weighted by molar-refractivity contribution is 5.98. The molecule has 1 heteroatoms. The molecule has 2 bridgehead atoms. The normalized spacial score (nSPS) is 32.1. The monoisotopic (exact) mass is 198 g/mol. The Kier molecular flexibility index (Phi) is 1.98. The molecular weight excluding hydrogens is 184 g/mol. The van der Waals surface area contributed by atoms with Crippen LogP contribution in [-0.2, 0) is 0 Å². The summed E-state index contributed by atoms with van der Waals surface area (Å²) in [4.78, 5) is 12.2. The minimum Gasteiger partial charge on any atom is -0.294 e. The molecule has 3 rings (SSSR count). The summed E-state index contributed by atoms with van der Waals surface area (Å²) in [5.74, 6) is 1.78. The smallest absolute Gasteiger partial charge is 0.166 e. The van der Waals surface area contributed by atoms with Crippen molar-refractivity contribution in [2.24, 2.45) is 17.8 Å². The van der Waals surface area contributed by atoms with Crippen LogP contribution in [0.3, 0.4) is 0 Å². The second kappa shape index (κ2) is 3.34. The number of ketones is 1. The van der Waals surface area contributed by atoms with Crippen LogP contribution in [0, 0.1) is 17.8 Å². The lowest BCUT2D eigenvalue weighted by molar-refractivity contribution is 0.0901. The van der Waals surface area contributed by atoms with E-state index < -0.39 is 0 Å². The fourth-order valence-corrected chi connectivity index (χ4v) is 2.90. The second-order valence-electron chi connectivity index (χ2n) is 4.62. The van der Waals surface area contributed by atoms with Crippen molar-refractivity contribution in [3.63, 3.8) is 0 Å². The standard InChI is InChI=1S/C14H14O/c15-14(11-4-2-1-3-5-11)13-9-10-6-7-12(13)8-10/h1-7,10,12-13H,8-9H2/t10-,12+,13?/m1/s1. The molecule has 0 spiro atoms. The molecule has 1 fully saturated rings. The molecule has 0 N–H and O–H groups in total. The minimum absolute atomic E-state index is 0.252. The van der Waals surface area contributed by atoms with Gasteiger partial charge in [-0.1, -0.05) is 42.5 Å². The number of hydrogen-bond acceptors (Lipinski definition) is 1. The number of carbonyl (C=O) groups is 1. The van der Waals surface area contributed by atoms with Crippen LogP contribution in [0.25, 0.3) is 0 Å². The average molecular weight is 198 g/mol. The number of benzene rings is 1. The van der Waals surface area contributed by atoms with Gasteiger partial charge in [-0.05, 0) is 24.7 Å². The van der Waals surface area contributed by atoms with Gasteiger partial charge in [0, 0.05) is 11.5 Å². The van der Waals surface area contributed by atoms with Crippen molar-refractivity contribution in [1.29, 1.82) is 0 Å². The van der Waals surface area contributed by atoms with Crippen LogP contribution in [0.1, 0.15) is 23.2 Å². The first-order valence-corrected chi connectivity index (χ1v) is 5.62. The summed E-state index contributed by atoms with van der Waals surface area (Å²) in [6, 6.07) is 9.69. The van der Waals surface area contributed by atoms with Gasteiger partial charge in [0.1, 0.15) is 0 Å². The fourth-order valence-electron chi connectivity index (χ4n) is 2.90. The molecule has 1 aromatic carbocycles. The van der Waals surface area contributed by atoms with E-state index in [4.69, 9.17) is 0 Å². The van der Waals surface area contributed by atoms with Crippen molar-refractivity contribution < 1.29 is 4.79 Å². The average Bonchev–Trinajstić information content (AvgIpc) is 2.91. The van der Waals surface area contributed by atoms with Crippen LogP contribution in [0.15, 0.2) is 42.5 Å². The van der Waals surface area contributed by atoms with E-state index in [2.05, 4.69) is 12.2 Å². The molecule has 15 heavy (non-hydrogen) atoms. The maximum Gasteiger partial charge on any atom is 0.166 e. The maximum atomic E-state index is 12.2. The Labute approximate surface area is 89.8 Å². The van der Waals surface area contributed by atoms with Gasteiger partial charge in [0.2, 0.25) is 0 Å². The summed E-state index contributed by atoms with van der Waals surface area (Å²) >= 11 is 0. The van der Waals surface area contributed by atoms with E-state index in [9.17, 15) is 4.79 Å². The summed E-state index contributed by atoms with van der Waals surface area (Å²) in [5.41, 5.74) is 0.878. The summed E-state index contributed by atoms with van der Waals surface area (Å²) in [7, 11) is 0. The number of hydrogen-bond donors (Lipinski definition) is 0. The molecule has 1 saturated carbocycles. The number of carbonyl (C=O) groups excluding carboxylic acids is 1. The first-order chi connectivity index (χ1) is 7.34. The van der Waals surface area contributed by atoms with Gasteiger partial charge in [-0.2, -0.15) is 0 Å². The molecule has 0 saturated heterocycles. The molecule has 3 atom stereocenters. The van der Waals surface area contributed by atoms with Gasteiger partial charge in [-0.15, -0.1) is 0 Å². The Morgan fingerprint density at radius 2 is 1.87 bits per heavy atom. The highest BCUT2D eigenvalue weighted by Crippen LogP contribution is 2.44. The minimum atomic E-state index is 0.252. The van der Waals surface area contributed by atoms with Crippen LogP contribution in [0.2, 0.25) is 0 Å². The van der Waals surface area contributed by atoms with Gasteiger partial charge in [-0.3, -0.25) is 4.79 Å². The van der Waals surface area contributed by atoms with Crippen LogP contribution < -0.4 is 0 Å². The third kappa shape index (κ3) is 1.43. The van der Waals surface area contributed by atoms with E-state index in [0.717, 1.165) is 12.0 Å². The topological polar surface area (TPSA) is 17.1 Å². The van der Waals surface area contributed by atoms with Crippen molar-refractivity contribution in [2.45, 2.75) is 12.8 Å². The van der Waals surface area contributed by atoms with Crippen molar-refractivity contribution in [3.05, 3.63) is 48.0 Å². The molecule has 2 aliphatic carbocycles. The molecular formula is C14H14O. The second-order valence-corrected chi connectivity index (χ2v) is 4.62. The molecule has 1 nitrogen and oxygen atoms in total. The third-order valence-electron chi connectivity index (χ3n) is 3.67. The molecule has 0 aliphatic heterocycles. The Hall–Kier alpha value is -1.37. The van der Waals surface area contributed by atoms with E-state index in [1.807, 2.05) is 30.3 Å². The van der Waals surface area contributed by atoms with Crippen molar-refractivity contribution >= 4 is 5.78 Å². The summed E-state index contributed by atoms with van der Waals surface area (Å²) in [6.45, 7) is 0. The lowest BCUT2D eigenvalue weighted by Crippen LogP contribution is -2.18. The molecule has 0 aromatic heterocycles. The predicted molar refractivity (Wildman–Crippen MR) is 59.6 cm³/mol. The van der Waals surface area contributed by atoms with Crippen molar-refractivity contribution in [1.82, 2.24) is 0 Å². The molecule has 76 valence electrons. The highest BCUT2D eigenvalue weighted by Gasteiger charge is 2.39. The number of allylic oxidation sites excluding steroid dienone is 2. The van der Waals surface area contributed by atoms with Gasteiger partial charge >= 0.3 is 0 Å². The SMILES string of the molecule is O=C(c1ccccc1)C1C[C@@H]2C=C[C@H]1C2. The van der Waals surface area contributed by atoms with Crippen molar-refractivity contribution in [3.8, 4) is 0 Å². The van der Waals surface area contributed by atoms with Gasteiger partial charge in [0.15, 0.2) is 5.78 Å². The largest absolute Gasteiger partial charge is 0.294 e. The lowest BCUT2D eigenvalue weighted by Gasteiger charge is -2.16. The molecule has 1 aromatic rings. The summed E-state index contributed by atoms with van der Waals surface area (Å²) in [6.07, 6.45) is 6.78. The Morgan fingerprint density at radius 1 is 1.07 bits per heavy atom. The van der Waals surface area contributed by atoms with Gasteiger partial charge < -0.3 is 0 Å². The van der Waals surface area contributed by atoms with Crippen LogP contribution >= 0.6 is 0 Å². The molecule has 0 radical (unpaired) electrons. The van der Waals surface area contributed by atoms with E-state index in [1.54, 1.807) is 0 Å². The third-order valence-corrected chi connectivity index (χ3v) is 3.67. The number of fused-ring (bicyclic) bond motifs is 2. The quantitative estimate of drug-likeness (QED) is 0.527. The van der Waals surface area contributed by atoms with E-state index in [1.165, 1.54) is 6.42 Å². The molecule has 0 amide bonds. The first kappa shape index (κ1) is 8.90. The Balaban J connectivity index is 1.85. The number of rotatable bonds is 2. The van der Waals surface area contributed by atoms with Crippen LogP contribution in [0.4, 0.5) is 0 Å². The molecule has 2 aliphatic rings. The first-order valence-electron chi connectivity index (χ1n) is 5.62. The Bertz CT molecular complexity index is 405. The molecule has 0 heterocycles. The summed E-state index contributed by atoms with van der Waals surface area (Å²) < 4.78 is 0. The van der Waals surface area contributed by atoms with E-state index in [-0.39, 0.29) is 5.92 Å². The molecule has 1 unspecified atom stereocenters. The Morgan fingerprint density at radius 3 is 2.47 bits per heavy atom. The maximum absolute atomic E-state index is 12.2. The zero-order chi connectivity index (χ0) is 10.3. The van der Waals surface area contributed by atoms with Crippen molar-refractivity contribution in [2.75, 3.05) is 0 Å². The summed E-state index contributed by atoms with van der Waals surface area (Å²) in [5, 5.41) is 0. The van der Waals surface area contributed by atoms with Gasteiger partial charge in [-0.25, -0.2) is 0 Å². The van der Waals surface area contributed by atoms with E-state index in [0.29, 0.717) is 17.6 Å². The van der Waals surface area contributed by atoms with Gasteiger partial charge in [0.25, 0.3) is 0 Å². The van der Waals surface area contributed by atoms with E-state index >= 15 is 0 Å². The number of Topliss-reactive ketones (excluding diaryl/α,β-unsaturated/α-hetero) is 1. The van der Waals surface area contributed by atoms with Gasteiger partial charge in [0.05, 0.1) is 0 Å². The van der Waals surface area contributed by atoms with Crippen LogP contribution in [-0.4, -0.2) is 5.78 Å². The zero-order valence-electron chi connectivity index (χ0n) is 8.60. The predicted octanol–water partition coefficient (Wildman–Crippen LogP) is 3.08. The zero-order valence-corrected chi connectivity index (χ0v) is 8.60.